The second-order valence-corrected chi connectivity index (χ2v) is 5.58. The van der Waals surface area contributed by atoms with E-state index in [1.165, 1.54) is 10.7 Å². The Bertz CT molecular complexity index is 260. The summed E-state index contributed by atoms with van der Waals surface area (Å²) in [6.07, 6.45) is 8.25. The fraction of sp³-hybridized carbons (Fsp3) is 0. The van der Waals surface area contributed by atoms with E-state index in [1.807, 2.05) is 24.3 Å². The van der Waals surface area contributed by atoms with Crippen LogP contribution in [0.4, 0.5) is 0 Å². The van der Waals surface area contributed by atoms with Gasteiger partial charge >= 0.3 is 17.1 Å². The molecule has 3 radical (unpaired) electrons. The van der Waals surface area contributed by atoms with Crippen molar-refractivity contribution in [2.24, 2.45) is 0 Å². The summed E-state index contributed by atoms with van der Waals surface area (Å²) in [5.41, 5.74) is 1.27. The van der Waals surface area contributed by atoms with Gasteiger partial charge in [0.25, 0.3) is 0 Å². The van der Waals surface area contributed by atoms with Crippen LogP contribution in [0.5, 0.6) is 0 Å². The van der Waals surface area contributed by atoms with Crippen LogP contribution in [-0.2, 0) is 17.1 Å². The van der Waals surface area contributed by atoms with Gasteiger partial charge in [-0.15, -0.1) is 6.42 Å². The summed E-state index contributed by atoms with van der Waals surface area (Å²) in [7, 11) is -0.987. The van der Waals surface area contributed by atoms with Gasteiger partial charge in [0.2, 0.25) is 0 Å². The molecule has 0 bridgehead atoms. The normalized spacial score (nSPS) is 15.8. The molecule has 0 N–H and O–H groups in total. The van der Waals surface area contributed by atoms with Gasteiger partial charge in [0.05, 0.1) is 0 Å². The third-order valence-corrected chi connectivity index (χ3v) is 4.82. The molecule has 1 aliphatic rings. The molecule has 0 fully saturated rings. The van der Waals surface area contributed by atoms with Gasteiger partial charge in [-0.1, -0.05) is 5.54 Å². The Hall–Kier alpha value is -0.0136. The maximum Gasteiger partial charge on any atom is 2.00 e. The van der Waals surface area contributed by atoms with E-state index in [0.29, 0.717) is 0 Å². The fourth-order valence-corrected chi connectivity index (χ4v) is 3.27. The predicted octanol–water partition coefficient (Wildman–Crippen LogP) is 1.93. The largest absolute Gasteiger partial charge is 2.00 e. The minimum atomic E-state index is -0.987. The van der Waals surface area contributed by atoms with Crippen molar-refractivity contribution in [3.8, 4) is 0 Å². The third kappa shape index (κ3) is 2.47. The second kappa shape index (κ2) is 5.01. The number of hydrogen-bond acceptors (Lipinski definition) is 0. The minimum absolute atomic E-state index is 0. The first-order chi connectivity index (χ1) is 5.88. The monoisotopic (exact) mass is 247 g/mol. The Labute approximate surface area is 96.1 Å². The first-order valence-electron chi connectivity index (χ1n) is 3.84. The van der Waals surface area contributed by atoms with Crippen molar-refractivity contribution < 1.29 is 17.1 Å². The first-order valence-corrected chi connectivity index (χ1v) is 6.36. The molecule has 0 aromatic heterocycles. The molecule has 3 heteroatoms. The summed E-state index contributed by atoms with van der Waals surface area (Å²) in [6, 6.07) is 8.25. The molecular formula is C10H8ClFeSi. The smallest absolute Gasteiger partial charge is 0.231 e. The van der Waals surface area contributed by atoms with Crippen LogP contribution in [-0.4, -0.2) is 8.11 Å². The minimum Gasteiger partial charge on any atom is -0.231 e. The van der Waals surface area contributed by atoms with Crippen molar-refractivity contribution in [3.05, 3.63) is 54.8 Å². The van der Waals surface area contributed by atoms with E-state index in [0.717, 1.165) is 0 Å². The van der Waals surface area contributed by atoms with Crippen molar-refractivity contribution in [1.29, 1.82) is 0 Å². The van der Waals surface area contributed by atoms with E-state index in [4.69, 9.17) is 11.1 Å². The van der Waals surface area contributed by atoms with E-state index in [9.17, 15) is 0 Å². The molecule has 1 aromatic carbocycles. The molecule has 1 aromatic rings. The summed E-state index contributed by atoms with van der Waals surface area (Å²) in [4.78, 5) is 0. The molecule has 0 nitrogen and oxygen atoms in total. The Kier molecular flexibility index (Phi) is 4.27. The zero-order valence-corrected chi connectivity index (χ0v) is 9.71. The van der Waals surface area contributed by atoms with E-state index < -0.39 is 8.11 Å². The van der Waals surface area contributed by atoms with Crippen LogP contribution >= 0.6 is 11.1 Å². The fourth-order valence-electron chi connectivity index (χ4n) is 1.21. The molecule has 0 amide bonds. The van der Waals surface area contributed by atoms with Gasteiger partial charge in [0.15, 0.2) is 8.11 Å². The zero-order chi connectivity index (χ0) is 8.39. The number of hydrogen-bond donors (Lipinski definition) is 0. The number of halogens is 1. The van der Waals surface area contributed by atoms with Crippen LogP contribution in [0.15, 0.2) is 36.4 Å². The summed E-state index contributed by atoms with van der Waals surface area (Å²) in [5, 5.41) is 1.27. The molecular weight excluding hydrogens is 239 g/mol. The van der Waals surface area contributed by atoms with Crippen LogP contribution in [0.25, 0.3) is 0 Å². The summed E-state index contributed by atoms with van der Waals surface area (Å²) in [6.45, 7) is 0. The predicted molar refractivity (Wildman–Crippen MR) is 54.3 cm³/mol. The summed E-state index contributed by atoms with van der Waals surface area (Å²) < 4.78 is 0. The van der Waals surface area contributed by atoms with E-state index in [-0.39, 0.29) is 17.1 Å². The molecule has 0 spiro atoms. The van der Waals surface area contributed by atoms with Crippen molar-refractivity contribution >= 4 is 24.4 Å². The van der Waals surface area contributed by atoms with Crippen molar-refractivity contribution in [2.75, 3.05) is 0 Å². The average molecular weight is 248 g/mol. The molecule has 2 rings (SSSR count). The van der Waals surface area contributed by atoms with Crippen molar-refractivity contribution in [2.45, 2.75) is 0 Å². The standard InChI is InChI=1S/C10H8ClSi.Fe/c11-12(9-5-1-2-6-9)10-7-3-4-8-10;/h1-8H;/q-2;+2. The molecule has 67 valence electrons. The van der Waals surface area contributed by atoms with Crippen molar-refractivity contribution in [3.63, 3.8) is 0 Å². The van der Waals surface area contributed by atoms with Gasteiger partial charge in [-0.3, -0.25) is 0 Å². The van der Waals surface area contributed by atoms with Gasteiger partial charge in [0, 0.05) is 0 Å². The van der Waals surface area contributed by atoms with E-state index in [2.05, 4.69) is 25.0 Å². The molecule has 0 saturated carbocycles. The van der Waals surface area contributed by atoms with Crippen LogP contribution in [0, 0.1) is 18.4 Å². The molecule has 1 aliphatic carbocycles. The summed E-state index contributed by atoms with van der Waals surface area (Å²) in [5.74, 6) is 0. The molecule has 0 heterocycles. The van der Waals surface area contributed by atoms with Gasteiger partial charge < -0.3 is 0 Å². The average Bonchev–Trinajstić information content (AvgIpc) is 2.77. The maximum atomic E-state index is 6.32. The zero-order valence-electron chi connectivity index (χ0n) is 6.85. The summed E-state index contributed by atoms with van der Waals surface area (Å²) >= 11 is 6.32. The van der Waals surface area contributed by atoms with Gasteiger partial charge in [-0.25, -0.2) is 30.7 Å². The molecule has 0 aliphatic heterocycles. The van der Waals surface area contributed by atoms with Crippen LogP contribution in [0.1, 0.15) is 0 Å². The number of allylic oxidation sites excluding steroid dienone is 2. The van der Waals surface area contributed by atoms with Crippen LogP contribution < -0.4 is 5.19 Å². The van der Waals surface area contributed by atoms with E-state index >= 15 is 0 Å². The van der Waals surface area contributed by atoms with Gasteiger partial charge in [-0.05, 0) is 0 Å². The quantitative estimate of drug-likeness (QED) is 0.426. The molecule has 0 saturated heterocycles. The van der Waals surface area contributed by atoms with Crippen LogP contribution in [0.3, 0.4) is 0 Å². The molecule has 0 unspecified atom stereocenters. The Morgan fingerprint density at radius 3 is 2.77 bits per heavy atom. The Morgan fingerprint density at radius 2 is 2.23 bits per heavy atom. The topological polar surface area (TPSA) is 0 Å². The molecule has 13 heavy (non-hydrogen) atoms. The van der Waals surface area contributed by atoms with Crippen molar-refractivity contribution in [1.82, 2.24) is 0 Å². The SMILES string of the molecule is Cl[Si]([C]1[CH]C=C[CH-]1)c1ccc[cH-]1.[Fe+2]. The van der Waals surface area contributed by atoms with E-state index in [1.54, 1.807) is 0 Å². The Morgan fingerprint density at radius 1 is 1.38 bits per heavy atom. The third-order valence-electron chi connectivity index (χ3n) is 1.83. The number of rotatable bonds is 2. The maximum absolute atomic E-state index is 6.32. The first kappa shape index (κ1) is 11.1. The molecule has 0 atom stereocenters. The second-order valence-electron chi connectivity index (χ2n) is 2.66. The van der Waals surface area contributed by atoms with Crippen LogP contribution in [0.2, 0.25) is 0 Å². The Balaban J connectivity index is 0.000000845. The van der Waals surface area contributed by atoms with Gasteiger partial charge in [-0.2, -0.15) is 28.4 Å². The van der Waals surface area contributed by atoms with Gasteiger partial charge in [0.1, 0.15) is 0 Å².